The average molecular weight is 522 g/mol. The zero-order chi connectivity index (χ0) is 21.4. The summed E-state index contributed by atoms with van der Waals surface area (Å²) in [6, 6.07) is 4.19. The zero-order valence-corrected chi connectivity index (χ0v) is 21.4. The van der Waals surface area contributed by atoms with Crippen LogP contribution >= 0.6 is 29.9 Å². The fraction of sp³-hybridized carbons (Fsp3) is 0.696. The first kappa shape index (κ1) is 27.6. The van der Waals surface area contributed by atoms with Crippen LogP contribution in [0, 0.1) is 3.57 Å². The highest BCUT2D eigenvalue weighted by atomic mass is 127. The van der Waals surface area contributed by atoms with Gasteiger partial charge >= 0.3 is 5.97 Å². The van der Waals surface area contributed by atoms with E-state index >= 15 is 0 Å². The predicted octanol–water partition coefficient (Wildman–Crippen LogP) is 7.27. The SMILES string of the molecule is CCCC[P+](CCCC)(CCCC)CCCC.O=C(O)c1cc(I)ccc1[O-]. The average Bonchev–Trinajstić information content (AvgIpc) is 2.69. The maximum absolute atomic E-state index is 10.8. The maximum atomic E-state index is 10.8. The number of hydrogen-bond donors (Lipinski definition) is 1. The standard InChI is InChI=1S/C16H36P.C7H5IO3/c1-5-9-13-17(14-10-6-2,15-11-7-3)16-12-8-4;8-4-1-2-6(9)5(3-4)7(10)11/h5-16H2,1-4H3;1-3,9H,(H,10,11)/q+1;/p-1. The highest BCUT2D eigenvalue weighted by molar-refractivity contribution is 14.1. The highest BCUT2D eigenvalue weighted by Gasteiger charge is 2.34. The fourth-order valence-electron chi connectivity index (χ4n) is 3.31. The quantitative estimate of drug-likeness (QED) is 0.219. The lowest BCUT2D eigenvalue weighted by Crippen LogP contribution is -2.12. The molecule has 162 valence electrons. The number of unbranched alkanes of at least 4 members (excludes halogenated alkanes) is 4. The fourth-order valence-corrected chi connectivity index (χ4v) is 9.10. The minimum atomic E-state index is -1.17. The monoisotopic (exact) mass is 522 g/mol. The van der Waals surface area contributed by atoms with Gasteiger partial charge in [-0.15, -0.1) is 0 Å². The van der Waals surface area contributed by atoms with Crippen molar-refractivity contribution < 1.29 is 15.0 Å². The van der Waals surface area contributed by atoms with E-state index in [1.54, 1.807) is 30.7 Å². The number of benzene rings is 1. The van der Waals surface area contributed by atoms with Gasteiger partial charge in [0.05, 0.1) is 30.2 Å². The molecule has 0 saturated carbocycles. The van der Waals surface area contributed by atoms with Crippen molar-refractivity contribution in [3.05, 3.63) is 27.3 Å². The third-order valence-electron chi connectivity index (χ3n) is 5.12. The number of hydrogen-bond acceptors (Lipinski definition) is 2. The molecule has 1 aromatic carbocycles. The van der Waals surface area contributed by atoms with Crippen molar-refractivity contribution in [1.29, 1.82) is 0 Å². The van der Waals surface area contributed by atoms with Crippen LogP contribution in [-0.4, -0.2) is 35.7 Å². The molecule has 0 aliphatic carbocycles. The van der Waals surface area contributed by atoms with Gasteiger partial charge in [0, 0.05) is 10.8 Å². The third-order valence-corrected chi connectivity index (χ3v) is 10.8. The van der Waals surface area contributed by atoms with Crippen LogP contribution in [-0.2, 0) is 0 Å². The van der Waals surface area contributed by atoms with Gasteiger partial charge in [0.2, 0.25) is 0 Å². The van der Waals surface area contributed by atoms with Crippen LogP contribution in [0.2, 0.25) is 0 Å². The lowest BCUT2D eigenvalue weighted by Gasteiger charge is -2.28. The largest absolute Gasteiger partial charge is 0.872 e. The van der Waals surface area contributed by atoms with E-state index in [1.165, 1.54) is 63.5 Å². The van der Waals surface area contributed by atoms with Crippen molar-refractivity contribution in [2.45, 2.75) is 79.1 Å². The van der Waals surface area contributed by atoms with Crippen molar-refractivity contribution in [1.82, 2.24) is 0 Å². The molecule has 0 aliphatic heterocycles. The molecule has 28 heavy (non-hydrogen) atoms. The molecule has 1 rings (SSSR count). The van der Waals surface area contributed by atoms with Gasteiger partial charge in [-0.05, 0) is 60.4 Å². The second kappa shape index (κ2) is 16.4. The molecule has 0 aliphatic rings. The van der Waals surface area contributed by atoms with Gasteiger partial charge in [0.15, 0.2) is 0 Å². The molecule has 0 heterocycles. The van der Waals surface area contributed by atoms with E-state index in [9.17, 15) is 9.90 Å². The van der Waals surface area contributed by atoms with Crippen molar-refractivity contribution in [2.75, 3.05) is 24.6 Å². The van der Waals surface area contributed by atoms with Gasteiger partial charge in [0.1, 0.15) is 0 Å². The van der Waals surface area contributed by atoms with Crippen LogP contribution in [0.15, 0.2) is 18.2 Å². The third kappa shape index (κ3) is 11.6. The first-order chi connectivity index (χ1) is 13.4. The van der Waals surface area contributed by atoms with Gasteiger partial charge in [0.25, 0.3) is 0 Å². The minimum absolute atomic E-state index is 0.170. The topological polar surface area (TPSA) is 60.4 Å². The molecule has 0 spiro atoms. The van der Waals surface area contributed by atoms with Crippen molar-refractivity contribution >= 4 is 35.8 Å². The lowest BCUT2D eigenvalue weighted by molar-refractivity contribution is -0.268. The molecule has 0 unspecified atom stereocenters. The molecule has 0 saturated heterocycles. The molecule has 1 aromatic rings. The van der Waals surface area contributed by atoms with Crippen molar-refractivity contribution in [3.8, 4) is 5.75 Å². The number of halogens is 1. The van der Waals surface area contributed by atoms with Crippen LogP contribution in [0.25, 0.3) is 0 Å². The van der Waals surface area contributed by atoms with Crippen LogP contribution in [0.3, 0.4) is 0 Å². The summed E-state index contributed by atoms with van der Waals surface area (Å²) in [7, 11) is -0.562. The molecule has 0 radical (unpaired) electrons. The van der Waals surface area contributed by atoms with Gasteiger partial charge in [-0.25, -0.2) is 4.79 Å². The smallest absolute Gasteiger partial charge is 0.335 e. The van der Waals surface area contributed by atoms with Gasteiger partial charge in [-0.2, -0.15) is 0 Å². The summed E-state index contributed by atoms with van der Waals surface area (Å²) in [5.74, 6) is -1.62. The summed E-state index contributed by atoms with van der Waals surface area (Å²) in [4.78, 5) is 10.4. The first-order valence-corrected chi connectivity index (χ1v) is 14.5. The van der Waals surface area contributed by atoms with Gasteiger partial charge < -0.3 is 10.2 Å². The Hall–Kier alpha value is -0.350. The Morgan fingerprint density at radius 3 is 1.57 bits per heavy atom. The number of carboxylic acid groups (broad SMARTS) is 1. The highest BCUT2D eigenvalue weighted by Crippen LogP contribution is 2.61. The second-order valence-corrected chi connectivity index (χ2v) is 13.3. The maximum Gasteiger partial charge on any atom is 0.335 e. The van der Waals surface area contributed by atoms with Crippen LogP contribution in [0.1, 0.15) is 89.4 Å². The summed E-state index contributed by atoms with van der Waals surface area (Å²) in [6.07, 6.45) is 17.9. The molecule has 0 aromatic heterocycles. The minimum Gasteiger partial charge on any atom is -0.872 e. The molecule has 0 bridgehead atoms. The summed E-state index contributed by atoms with van der Waals surface area (Å²) in [5, 5.41) is 19.3. The molecule has 5 heteroatoms. The molecule has 1 N–H and O–H groups in total. The summed E-state index contributed by atoms with van der Waals surface area (Å²) in [5.41, 5.74) is -0.170. The first-order valence-electron chi connectivity index (χ1n) is 10.9. The molecule has 3 nitrogen and oxygen atoms in total. The van der Waals surface area contributed by atoms with E-state index in [0.29, 0.717) is 0 Å². The Bertz CT molecular complexity index is 511. The van der Waals surface area contributed by atoms with Crippen LogP contribution < -0.4 is 5.11 Å². The second-order valence-electron chi connectivity index (χ2n) is 7.60. The summed E-state index contributed by atoms with van der Waals surface area (Å²) < 4.78 is 0.750. The predicted molar refractivity (Wildman–Crippen MR) is 132 cm³/mol. The Kier molecular flexibility index (Phi) is 16.2. The molecular weight excluding hydrogens is 482 g/mol. The van der Waals surface area contributed by atoms with Crippen LogP contribution in [0.4, 0.5) is 0 Å². The van der Waals surface area contributed by atoms with Crippen molar-refractivity contribution in [2.24, 2.45) is 0 Å². The van der Waals surface area contributed by atoms with E-state index in [2.05, 4.69) is 27.7 Å². The van der Waals surface area contributed by atoms with E-state index in [4.69, 9.17) is 5.11 Å². The van der Waals surface area contributed by atoms with Crippen molar-refractivity contribution in [3.63, 3.8) is 0 Å². The Labute approximate surface area is 187 Å². The Morgan fingerprint density at radius 2 is 1.29 bits per heavy atom. The molecule has 0 amide bonds. The van der Waals surface area contributed by atoms with Gasteiger partial charge in [-0.3, -0.25) is 0 Å². The Morgan fingerprint density at radius 1 is 0.893 bits per heavy atom. The molecular formula is C23H40IO3P. The normalized spacial score (nSPS) is 11.0. The van der Waals surface area contributed by atoms with E-state index < -0.39 is 19.0 Å². The number of carbonyl (C=O) groups is 1. The Balaban J connectivity index is 0.000000567. The number of carboxylic acids is 1. The molecule has 0 atom stereocenters. The zero-order valence-electron chi connectivity index (χ0n) is 18.3. The van der Waals surface area contributed by atoms with Crippen LogP contribution in [0.5, 0.6) is 5.75 Å². The summed E-state index contributed by atoms with van der Waals surface area (Å²) in [6.45, 7) is 9.42. The van der Waals surface area contributed by atoms with E-state index in [0.717, 1.165) is 3.57 Å². The van der Waals surface area contributed by atoms with Gasteiger partial charge in [-0.1, -0.05) is 65.2 Å². The number of aromatic carboxylic acids is 1. The van der Waals surface area contributed by atoms with E-state index in [-0.39, 0.29) is 5.56 Å². The number of rotatable bonds is 13. The summed E-state index contributed by atoms with van der Waals surface area (Å²) >= 11 is 1.95. The molecule has 0 fully saturated rings. The van der Waals surface area contributed by atoms with E-state index in [1.807, 2.05) is 22.6 Å². The lowest BCUT2D eigenvalue weighted by atomic mass is 10.2.